The summed E-state index contributed by atoms with van der Waals surface area (Å²) >= 11 is 0. The molecule has 37 valence electrons. The van der Waals surface area contributed by atoms with Crippen LogP contribution in [0.25, 0.3) is 0 Å². The topological polar surface area (TPSA) is 43.5 Å². The lowest BCUT2D eigenvalue weighted by Crippen LogP contribution is -2.14. The van der Waals surface area contributed by atoms with Crippen molar-refractivity contribution in [2.45, 2.75) is 13.0 Å². The zero-order valence-electron chi connectivity index (χ0n) is 3.96. The second-order valence-electron chi connectivity index (χ2n) is 1.43. The number of nitrogens with zero attached hydrogens (tertiary/aromatic N) is 2. The molecule has 0 aromatic carbocycles. The van der Waals surface area contributed by atoms with Gasteiger partial charge in [0.15, 0.2) is 0 Å². The zero-order chi connectivity index (χ0) is 5.28. The number of amides is 2. The smallest absolute Gasteiger partial charge is 0.244 e. The summed E-state index contributed by atoms with van der Waals surface area (Å²) in [5.74, 6) is 0. The van der Waals surface area contributed by atoms with Crippen LogP contribution in [0.15, 0.2) is 4.99 Å². The summed E-state index contributed by atoms with van der Waals surface area (Å²) in [5.41, 5.74) is 0. The van der Waals surface area contributed by atoms with E-state index in [-0.39, 0.29) is 12.1 Å². The lowest BCUT2D eigenvalue weighted by Gasteiger charge is -1.87. The molecule has 0 fully saturated rings. The summed E-state index contributed by atoms with van der Waals surface area (Å²) < 4.78 is 0. The van der Waals surface area contributed by atoms with Gasteiger partial charge in [0, 0.05) is 6.21 Å². The van der Waals surface area contributed by atoms with E-state index in [4.69, 9.17) is 0 Å². The van der Waals surface area contributed by atoms with Crippen LogP contribution in [0.4, 0.5) is 4.79 Å². The van der Waals surface area contributed by atoms with Crippen molar-refractivity contribution in [2.24, 2.45) is 4.99 Å². The van der Waals surface area contributed by atoms with Crippen molar-refractivity contribution in [3.63, 3.8) is 0 Å². The molecular formula is C4H5N2O. The fourth-order valence-corrected chi connectivity index (χ4v) is 0.412. The molecule has 0 saturated heterocycles. The minimum atomic E-state index is -0.354. The highest BCUT2D eigenvalue weighted by Crippen LogP contribution is 1.90. The zero-order valence-corrected chi connectivity index (χ0v) is 3.96. The third-order valence-corrected chi connectivity index (χ3v) is 0.715. The lowest BCUT2D eigenvalue weighted by atomic mass is 10.4. The minimum absolute atomic E-state index is 0.00694. The Hall–Kier alpha value is -0.860. The molecule has 0 aromatic heterocycles. The first-order chi connectivity index (χ1) is 3.29. The Morgan fingerprint density at radius 2 is 2.57 bits per heavy atom. The molecule has 0 aromatic rings. The predicted octanol–water partition coefficient (Wildman–Crippen LogP) is 0.184. The van der Waals surface area contributed by atoms with Gasteiger partial charge in [0.2, 0.25) is 0 Å². The van der Waals surface area contributed by atoms with Gasteiger partial charge in [0.05, 0.1) is 6.04 Å². The van der Waals surface area contributed by atoms with Crippen LogP contribution in [0.5, 0.6) is 0 Å². The van der Waals surface area contributed by atoms with Gasteiger partial charge in [-0.05, 0) is 6.92 Å². The number of aliphatic imine (C=N–C) groups is 1. The van der Waals surface area contributed by atoms with Crippen LogP contribution in [0, 0.1) is 0 Å². The molecule has 2 amide bonds. The van der Waals surface area contributed by atoms with Gasteiger partial charge in [-0.15, -0.1) is 0 Å². The number of hydrogen-bond donors (Lipinski definition) is 0. The molecule has 0 N–H and O–H groups in total. The summed E-state index contributed by atoms with van der Waals surface area (Å²) in [6.45, 7) is 1.81. The third kappa shape index (κ3) is 0.765. The maximum absolute atomic E-state index is 10.1. The van der Waals surface area contributed by atoms with E-state index in [1.54, 1.807) is 0 Å². The minimum Gasteiger partial charge on any atom is -0.244 e. The van der Waals surface area contributed by atoms with Crippen LogP contribution >= 0.6 is 0 Å². The van der Waals surface area contributed by atoms with Crippen molar-refractivity contribution in [1.82, 2.24) is 5.32 Å². The van der Waals surface area contributed by atoms with E-state index in [0.29, 0.717) is 0 Å². The van der Waals surface area contributed by atoms with Gasteiger partial charge in [-0.2, -0.15) is 0 Å². The molecule has 0 bridgehead atoms. The highest BCUT2D eigenvalue weighted by atomic mass is 16.2. The molecule has 1 heterocycles. The molecule has 0 aliphatic carbocycles. The van der Waals surface area contributed by atoms with Crippen LogP contribution in [-0.2, 0) is 0 Å². The molecule has 1 aliphatic heterocycles. The van der Waals surface area contributed by atoms with Gasteiger partial charge >= 0.3 is 6.03 Å². The second kappa shape index (κ2) is 1.33. The van der Waals surface area contributed by atoms with E-state index in [2.05, 4.69) is 10.3 Å². The van der Waals surface area contributed by atoms with Gasteiger partial charge < -0.3 is 0 Å². The van der Waals surface area contributed by atoms with Crippen molar-refractivity contribution in [1.29, 1.82) is 0 Å². The number of carbonyl (C=O) groups is 1. The molecule has 1 rings (SSSR count). The van der Waals surface area contributed by atoms with Crippen LogP contribution in [0.2, 0.25) is 0 Å². The van der Waals surface area contributed by atoms with E-state index < -0.39 is 0 Å². The number of urea groups is 1. The van der Waals surface area contributed by atoms with Gasteiger partial charge in [0.1, 0.15) is 0 Å². The third-order valence-electron chi connectivity index (χ3n) is 0.715. The Bertz CT molecular complexity index is 119. The summed E-state index contributed by atoms with van der Waals surface area (Å²) in [6, 6.07) is -0.347. The molecule has 3 nitrogen and oxygen atoms in total. The molecule has 1 radical (unpaired) electrons. The molecular weight excluding hydrogens is 92.1 g/mol. The highest BCUT2D eigenvalue weighted by molar-refractivity contribution is 5.92. The number of hydrogen-bond acceptors (Lipinski definition) is 1. The van der Waals surface area contributed by atoms with Crippen molar-refractivity contribution in [3.8, 4) is 0 Å². The largest absolute Gasteiger partial charge is 0.362 e. The first kappa shape index (κ1) is 4.30. The highest BCUT2D eigenvalue weighted by Gasteiger charge is 2.11. The van der Waals surface area contributed by atoms with Crippen molar-refractivity contribution < 1.29 is 4.79 Å². The van der Waals surface area contributed by atoms with Crippen molar-refractivity contribution >= 4 is 12.2 Å². The van der Waals surface area contributed by atoms with Crippen LogP contribution in [0.3, 0.4) is 0 Å². The molecule has 1 atom stereocenters. The van der Waals surface area contributed by atoms with Crippen LogP contribution < -0.4 is 5.32 Å². The maximum atomic E-state index is 10.1. The van der Waals surface area contributed by atoms with Gasteiger partial charge in [-0.25, -0.2) is 15.1 Å². The van der Waals surface area contributed by atoms with Gasteiger partial charge in [0.25, 0.3) is 0 Å². The Balaban J connectivity index is 2.58. The molecule has 7 heavy (non-hydrogen) atoms. The van der Waals surface area contributed by atoms with E-state index in [1.807, 2.05) is 6.92 Å². The molecule has 0 spiro atoms. The first-order valence-corrected chi connectivity index (χ1v) is 2.08. The lowest BCUT2D eigenvalue weighted by molar-refractivity contribution is 0.250. The maximum Gasteiger partial charge on any atom is 0.362 e. The van der Waals surface area contributed by atoms with Crippen LogP contribution in [0.1, 0.15) is 6.92 Å². The fourth-order valence-electron chi connectivity index (χ4n) is 0.412. The monoisotopic (exact) mass is 97.0 g/mol. The quantitative estimate of drug-likeness (QED) is 0.425. The molecule has 1 aliphatic rings. The molecule has 3 heteroatoms. The van der Waals surface area contributed by atoms with E-state index in [0.717, 1.165) is 0 Å². The normalized spacial score (nSPS) is 28.1. The average Bonchev–Trinajstić information content (AvgIpc) is 1.87. The Kier molecular flexibility index (Phi) is 0.817. The van der Waals surface area contributed by atoms with Gasteiger partial charge in [-0.1, -0.05) is 0 Å². The summed E-state index contributed by atoms with van der Waals surface area (Å²) in [5, 5.41) is 3.53. The average molecular weight is 97.1 g/mol. The van der Waals surface area contributed by atoms with E-state index in [1.165, 1.54) is 6.21 Å². The Morgan fingerprint density at radius 1 is 1.86 bits per heavy atom. The first-order valence-electron chi connectivity index (χ1n) is 2.08. The van der Waals surface area contributed by atoms with E-state index >= 15 is 0 Å². The van der Waals surface area contributed by atoms with Crippen molar-refractivity contribution in [3.05, 3.63) is 0 Å². The number of rotatable bonds is 0. The van der Waals surface area contributed by atoms with Gasteiger partial charge in [-0.3, -0.25) is 0 Å². The standard InChI is InChI=1S/C4H5N2O/c1-3-2-5-4(7)6-3/h2-3H,1H3. The van der Waals surface area contributed by atoms with Crippen molar-refractivity contribution in [2.75, 3.05) is 0 Å². The summed E-state index contributed by atoms with van der Waals surface area (Å²) in [6.07, 6.45) is 1.53. The Morgan fingerprint density at radius 3 is 2.71 bits per heavy atom. The molecule has 0 saturated carbocycles. The van der Waals surface area contributed by atoms with Crippen LogP contribution in [-0.4, -0.2) is 18.3 Å². The Labute approximate surface area is 41.4 Å². The number of carbonyl (C=O) groups excluding carboxylic acids is 1. The predicted molar refractivity (Wildman–Crippen MR) is 25.5 cm³/mol. The molecule has 1 unspecified atom stereocenters. The summed E-state index contributed by atoms with van der Waals surface area (Å²) in [7, 11) is 0. The SMILES string of the molecule is CC1C=NC(=O)[N]1. The second-order valence-corrected chi connectivity index (χ2v) is 1.43. The summed E-state index contributed by atoms with van der Waals surface area (Å²) in [4.78, 5) is 13.5. The fraction of sp³-hybridized carbons (Fsp3) is 0.500. The van der Waals surface area contributed by atoms with E-state index in [9.17, 15) is 4.79 Å².